The minimum atomic E-state index is -0.260. The number of hydrogen-bond acceptors (Lipinski definition) is 6. The highest BCUT2D eigenvalue weighted by Gasteiger charge is 2.19. The summed E-state index contributed by atoms with van der Waals surface area (Å²) < 4.78 is 5.18. The largest absolute Gasteiger partial charge is 0.497 e. The van der Waals surface area contributed by atoms with Crippen molar-refractivity contribution in [3.63, 3.8) is 0 Å². The molecule has 1 heterocycles. The molecule has 3 aromatic carbocycles. The zero-order valence-electron chi connectivity index (χ0n) is 20.0. The molecular weight excluding hydrogens is 531 g/mol. The van der Waals surface area contributed by atoms with Gasteiger partial charge in [0.2, 0.25) is 11.0 Å². The van der Waals surface area contributed by atoms with E-state index in [4.69, 9.17) is 27.9 Å². The Morgan fingerprint density at radius 3 is 2.41 bits per heavy atom. The second-order valence-corrected chi connectivity index (χ2v) is 9.89. The second kappa shape index (κ2) is 12.7. The van der Waals surface area contributed by atoms with E-state index in [2.05, 4.69) is 15.5 Å². The number of benzene rings is 3. The van der Waals surface area contributed by atoms with E-state index in [1.807, 2.05) is 54.6 Å². The van der Waals surface area contributed by atoms with Gasteiger partial charge in [-0.1, -0.05) is 64.9 Å². The van der Waals surface area contributed by atoms with Gasteiger partial charge in [0.25, 0.3) is 5.91 Å². The van der Waals surface area contributed by atoms with Crippen LogP contribution in [0.3, 0.4) is 0 Å². The van der Waals surface area contributed by atoms with Crippen LogP contribution in [0.15, 0.2) is 72.8 Å². The molecule has 190 valence electrons. The van der Waals surface area contributed by atoms with Crippen LogP contribution in [0.5, 0.6) is 5.75 Å². The van der Waals surface area contributed by atoms with Gasteiger partial charge in [0.15, 0.2) is 0 Å². The zero-order valence-corrected chi connectivity index (χ0v) is 22.3. The van der Waals surface area contributed by atoms with Crippen molar-refractivity contribution in [1.29, 1.82) is 0 Å². The number of carbonyl (C=O) groups excluding carboxylic acids is 2. The summed E-state index contributed by atoms with van der Waals surface area (Å²) in [4.78, 5) is 27.6. The Hall–Kier alpha value is -3.46. The van der Waals surface area contributed by atoms with E-state index >= 15 is 0 Å². The zero-order chi connectivity index (χ0) is 26.2. The molecule has 0 spiro atoms. The SMILES string of the molecule is COc1ccc(-c2nnc(NC(=O)CCN(CCc3ccccc3)C(=O)c3ccc(Cl)c(Cl)c3)s2)cc1. The molecule has 10 heteroatoms. The summed E-state index contributed by atoms with van der Waals surface area (Å²) in [7, 11) is 1.61. The highest BCUT2D eigenvalue weighted by atomic mass is 35.5. The second-order valence-electron chi connectivity index (χ2n) is 8.10. The van der Waals surface area contributed by atoms with E-state index in [1.54, 1.807) is 30.2 Å². The first-order chi connectivity index (χ1) is 17.9. The Morgan fingerprint density at radius 1 is 0.946 bits per heavy atom. The third kappa shape index (κ3) is 7.29. The minimum Gasteiger partial charge on any atom is -0.497 e. The minimum absolute atomic E-state index is 0.0965. The standard InChI is InChI=1S/C27H24Cl2N4O3S/c1-36-21-10-7-19(8-11-21)25-31-32-27(37-25)30-24(34)14-16-33(15-13-18-5-3-2-4-6-18)26(35)20-9-12-22(28)23(29)17-20/h2-12,17H,13-16H2,1H3,(H,30,32,34). The van der Waals surface area contributed by atoms with Crippen molar-refractivity contribution in [1.82, 2.24) is 15.1 Å². The number of ether oxygens (including phenoxy) is 1. The number of halogens is 2. The third-order valence-electron chi connectivity index (χ3n) is 5.58. The van der Waals surface area contributed by atoms with Crippen LogP contribution in [0, 0.1) is 0 Å². The molecule has 1 aromatic heterocycles. The number of anilines is 1. The number of methoxy groups -OCH3 is 1. The average Bonchev–Trinajstić information content (AvgIpc) is 3.39. The molecule has 0 aliphatic carbocycles. The highest BCUT2D eigenvalue weighted by molar-refractivity contribution is 7.18. The summed E-state index contributed by atoms with van der Waals surface area (Å²) in [5.74, 6) is 0.262. The molecule has 0 aliphatic rings. The van der Waals surface area contributed by atoms with Crippen molar-refractivity contribution in [2.75, 3.05) is 25.5 Å². The van der Waals surface area contributed by atoms with Gasteiger partial charge in [-0.25, -0.2) is 0 Å². The van der Waals surface area contributed by atoms with E-state index in [1.165, 1.54) is 11.3 Å². The molecule has 37 heavy (non-hydrogen) atoms. The van der Waals surface area contributed by atoms with Crippen molar-refractivity contribution >= 4 is 51.5 Å². The number of aromatic nitrogens is 2. The lowest BCUT2D eigenvalue weighted by atomic mass is 10.1. The first kappa shape index (κ1) is 26.6. The van der Waals surface area contributed by atoms with Crippen LogP contribution in [-0.2, 0) is 11.2 Å². The molecule has 4 rings (SSSR count). The van der Waals surface area contributed by atoms with Gasteiger partial charge in [0.1, 0.15) is 10.8 Å². The monoisotopic (exact) mass is 554 g/mol. The average molecular weight is 555 g/mol. The highest BCUT2D eigenvalue weighted by Crippen LogP contribution is 2.28. The van der Waals surface area contributed by atoms with Gasteiger partial charge < -0.3 is 15.0 Å². The van der Waals surface area contributed by atoms with Gasteiger partial charge in [0, 0.05) is 30.6 Å². The van der Waals surface area contributed by atoms with Gasteiger partial charge in [-0.3, -0.25) is 9.59 Å². The van der Waals surface area contributed by atoms with E-state index < -0.39 is 0 Å². The van der Waals surface area contributed by atoms with Gasteiger partial charge in [0.05, 0.1) is 17.2 Å². The van der Waals surface area contributed by atoms with Crippen LogP contribution >= 0.6 is 34.5 Å². The van der Waals surface area contributed by atoms with E-state index in [0.717, 1.165) is 16.9 Å². The molecule has 4 aromatic rings. The Kier molecular flexibility index (Phi) is 9.11. The van der Waals surface area contributed by atoms with Crippen LogP contribution in [0.1, 0.15) is 22.3 Å². The molecule has 1 N–H and O–H groups in total. The molecule has 0 bridgehead atoms. The Balaban J connectivity index is 1.40. The van der Waals surface area contributed by atoms with Gasteiger partial charge in [-0.2, -0.15) is 0 Å². The smallest absolute Gasteiger partial charge is 0.253 e. The lowest BCUT2D eigenvalue weighted by Crippen LogP contribution is -2.35. The van der Waals surface area contributed by atoms with Crippen molar-refractivity contribution in [3.8, 4) is 16.3 Å². The summed E-state index contributed by atoms with van der Waals surface area (Å²) in [5.41, 5.74) is 2.38. The van der Waals surface area contributed by atoms with Crippen LogP contribution in [0.4, 0.5) is 5.13 Å². The van der Waals surface area contributed by atoms with Gasteiger partial charge in [-0.05, 0) is 54.4 Å². The maximum Gasteiger partial charge on any atom is 0.253 e. The maximum absolute atomic E-state index is 13.3. The Labute approximate surface area is 229 Å². The third-order valence-corrected chi connectivity index (χ3v) is 7.21. The number of nitrogens with one attached hydrogen (secondary N) is 1. The number of carbonyl (C=O) groups is 2. The molecule has 0 unspecified atom stereocenters. The summed E-state index contributed by atoms with van der Waals surface area (Å²) >= 11 is 13.4. The molecule has 0 fully saturated rings. The Bertz CT molecular complexity index is 1360. The van der Waals surface area contributed by atoms with Crippen LogP contribution in [0.25, 0.3) is 10.6 Å². The van der Waals surface area contributed by atoms with Gasteiger partial charge in [-0.15, -0.1) is 10.2 Å². The molecule has 0 radical (unpaired) electrons. The van der Waals surface area contributed by atoms with E-state index in [-0.39, 0.29) is 24.8 Å². The predicted octanol–water partition coefficient (Wildman–Crippen LogP) is 6.23. The van der Waals surface area contributed by atoms with Crippen molar-refractivity contribution in [3.05, 3.63) is 94.0 Å². The summed E-state index contributed by atoms with van der Waals surface area (Å²) in [5, 5.41) is 12.8. The number of nitrogens with zero attached hydrogens (tertiary/aromatic N) is 3. The number of amides is 2. The van der Waals surface area contributed by atoms with E-state index in [0.29, 0.717) is 38.7 Å². The fourth-order valence-electron chi connectivity index (χ4n) is 3.58. The lowest BCUT2D eigenvalue weighted by molar-refractivity contribution is -0.116. The molecule has 0 atom stereocenters. The molecular formula is C27H24Cl2N4O3S. The molecule has 0 saturated carbocycles. The van der Waals surface area contributed by atoms with Gasteiger partial charge >= 0.3 is 0 Å². The van der Waals surface area contributed by atoms with Crippen molar-refractivity contribution < 1.29 is 14.3 Å². The number of hydrogen-bond donors (Lipinski definition) is 1. The van der Waals surface area contributed by atoms with Crippen LogP contribution in [0.2, 0.25) is 10.0 Å². The fraction of sp³-hybridized carbons (Fsp3) is 0.185. The Morgan fingerprint density at radius 2 is 1.70 bits per heavy atom. The predicted molar refractivity (Wildman–Crippen MR) is 148 cm³/mol. The topological polar surface area (TPSA) is 84.4 Å². The normalized spacial score (nSPS) is 10.7. The van der Waals surface area contributed by atoms with Crippen molar-refractivity contribution in [2.45, 2.75) is 12.8 Å². The summed E-state index contributed by atoms with van der Waals surface area (Å²) in [6, 6.07) is 22.1. The molecule has 7 nitrogen and oxygen atoms in total. The lowest BCUT2D eigenvalue weighted by Gasteiger charge is -2.23. The first-order valence-electron chi connectivity index (χ1n) is 11.5. The molecule has 2 amide bonds. The van der Waals surface area contributed by atoms with Crippen LogP contribution < -0.4 is 10.1 Å². The van der Waals surface area contributed by atoms with Crippen LogP contribution in [-0.4, -0.2) is 47.1 Å². The fourth-order valence-corrected chi connectivity index (χ4v) is 4.64. The first-order valence-corrected chi connectivity index (χ1v) is 13.1. The summed E-state index contributed by atoms with van der Waals surface area (Å²) in [6.45, 7) is 0.665. The molecule has 0 aliphatic heterocycles. The van der Waals surface area contributed by atoms with Crippen molar-refractivity contribution in [2.24, 2.45) is 0 Å². The number of rotatable bonds is 10. The molecule has 0 saturated heterocycles. The quantitative estimate of drug-likeness (QED) is 0.251. The summed E-state index contributed by atoms with van der Waals surface area (Å²) in [6.07, 6.45) is 0.746. The van der Waals surface area contributed by atoms with E-state index in [9.17, 15) is 9.59 Å². The maximum atomic E-state index is 13.3.